The van der Waals surface area contributed by atoms with Crippen molar-refractivity contribution in [2.45, 2.75) is 25.8 Å². The van der Waals surface area contributed by atoms with Crippen LogP contribution in [0.2, 0.25) is 5.15 Å². The predicted octanol–water partition coefficient (Wildman–Crippen LogP) is 1.73. The summed E-state index contributed by atoms with van der Waals surface area (Å²) in [6, 6.07) is 2.74. The highest BCUT2D eigenvalue weighted by molar-refractivity contribution is 6.29. The second-order valence-electron chi connectivity index (χ2n) is 4.91. The third kappa shape index (κ3) is 2.82. The molecule has 0 spiro atoms. The molecule has 0 radical (unpaired) electrons. The summed E-state index contributed by atoms with van der Waals surface area (Å²) in [6.07, 6.45) is 1.40. The number of pyridine rings is 1. The van der Waals surface area contributed by atoms with E-state index in [0.717, 1.165) is 6.42 Å². The van der Waals surface area contributed by atoms with Gasteiger partial charge in [-0.3, -0.25) is 14.9 Å². The molecular formula is C12H15ClN4O3. The maximum absolute atomic E-state index is 11.3. The molecule has 0 aromatic carbocycles. The van der Waals surface area contributed by atoms with Crippen LogP contribution in [0.3, 0.4) is 0 Å². The fraction of sp³-hybridized carbons (Fsp3) is 0.500. The lowest BCUT2D eigenvalue weighted by molar-refractivity contribution is -0.384. The van der Waals surface area contributed by atoms with E-state index in [-0.39, 0.29) is 28.6 Å². The largest absolute Gasteiger partial charge is 0.369 e. The Bertz CT molecular complexity index is 552. The summed E-state index contributed by atoms with van der Waals surface area (Å²) in [5.74, 6) is -0.529. The Balaban J connectivity index is 2.40. The third-order valence-corrected chi connectivity index (χ3v) is 3.78. The van der Waals surface area contributed by atoms with Crippen molar-refractivity contribution in [3.05, 3.63) is 27.4 Å². The zero-order chi connectivity index (χ0) is 14.9. The highest BCUT2D eigenvalue weighted by atomic mass is 35.5. The van der Waals surface area contributed by atoms with Gasteiger partial charge in [-0.05, 0) is 25.8 Å². The molecule has 2 heterocycles. The fourth-order valence-electron chi connectivity index (χ4n) is 2.41. The molecule has 1 aliphatic heterocycles. The van der Waals surface area contributed by atoms with E-state index >= 15 is 0 Å². The topological polar surface area (TPSA) is 102 Å². The zero-order valence-corrected chi connectivity index (χ0v) is 11.7. The highest BCUT2D eigenvalue weighted by Crippen LogP contribution is 2.33. The normalized spacial score (nSPS) is 22.6. The average molecular weight is 299 g/mol. The van der Waals surface area contributed by atoms with E-state index < -0.39 is 10.8 Å². The first-order valence-corrected chi connectivity index (χ1v) is 6.65. The summed E-state index contributed by atoms with van der Waals surface area (Å²) in [4.78, 5) is 27.7. The van der Waals surface area contributed by atoms with Crippen LogP contribution < -0.4 is 10.6 Å². The van der Waals surface area contributed by atoms with Crippen molar-refractivity contribution in [2.24, 2.45) is 11.7 Å². The van der Waals surface area contributed by atoms with E-state index in [1.807, 2.05) is 6.92 Å². The molecule has 1 aliphatic rings. The maximum Gasteiger partial charge on any atom is 0.311 e. The summed E-state index contributed by atoms with van der Waals surface area (Å²) in [5, 5.41) is 11.3. The molecule has 7 nitrogen and oxygen atoms in total. The molecule has 2 rings (SSSR count). The summed E-state index contributed by atoms with van der Waals surface area (Å²) in [6.45, 7) is 2.26. The van der Waals surface area contributed by atoms with E-state index in [1.54, 1.807) is 4.90 Å². The lowest BCUT2D eigenvalue weighted by Crippen LogP contribution is -2.46. The van der Waals surface area contributed by atoms with Crippen LogP contribution in [-0.4, -0.2) is 28.4 Å². The predicted molar refractivity (Wildman–Crippen MR) is 74.6 cm³/mol. The Hall–Kier alpha value is -1.89. The number of hydrogen-bond donors (Lipinski definition) is 1. The number of carbonyl (C=O) groups excluding carboxylic acids is 1. The van der Waals surface area contributed by atoms with Gasteiger partial charge in [0, 0.05) is 18.7 Å². The summed E-state index contributed by atoms with van der Waals surface area (Å²) < 4.78 is 0. The van der Waals surface area contributed by atoms with Gasteiger partial charge in [0.25, 0.3) is 0 Å². The number of piperidine rings is 1. The number of carbonyl (C=O) groups is 1. The number of nitrogens with zero attached hydrogens (tertiary/aromatic N) is 3. The Morgan fingerprint density at radius 3 is 2.85 bits per heavy atom. The summed E-state index contributed by atoms with van der Waals surface area (Å²) in [5.41, 5.74) is 5.22. The molecule has 1 fully saturated rings. The van der Waals surface area contributed by atoms with Crippen LogP contribution in [0.5, 0.6) is 0 Å². The van der Waals surface area contributed by atoms with E-state index in [1.165, 1.54) is 12.1 Å². The van der Waals surface area contributed by atoms with Gasteiger partial charge in [0.2, 0.25) is 11.7 Å². The summed E-state index contributed by atoms with van der Waals surface area (Å²) in [7, 11) is 0. The van der Waals surface area contributed by atoms with E-state index in [4.69, 9.17) is 17.3 Å². The van der Waals surface area contributed by atoms with Gasteiger partial charge in [-0.25, -0.2) is 4.98 Å². The van der Waals surface area contributed by atoms with E-state index in [0.29, 0.717) is 13.0 Å². The van der Waals surface area contributed by atoms with Gasteiger partial charge < -0.3 is 10.6 Å². The molecular weight excluding hydrogens is 284 g/mol. The van der Waals surface area contributed by atoms with Crippen LogP contribution in [0.25, 0.3) is 0 Å². The van der Waals surface area contributed by atoms with Gasteiger partial charge in [-0.2, -0.15) is 0 Å². The molecule has 1 aromatic heterocycles. The first kappa shape index (κ1) is 14.5. The molecule has 20 heavy (non-hydrogen) atoms. The van der Waals surface area contributed by atoms with Crippen LogP contribution in [0.15, 0.2) is 12.1 Å². The van der Waals surface area contributed by atoms with Crippen molar-refractivity contribution in [3.8, 4) is 0 Å². The van der Waals surface area contributed by atoms with Crippen molar-refractivity contribution in [1.29, 1.82) is 0 Å². The first-order valence-electron chi connectivity index (χ1n) is 6.27. The fourth-order valence-corrected chi connectivity index (χ4v) is 2.55. The molecule has 2 unspecified atom stereocenters. The number of aromatic nitrogens is 1. The van der Waals surface area contributed by atoms with Crippen molar-refractivity contribution in [1.82, 2.24) is 4.98 Å². The molecule has 0 bridgehead atoms. The molecule has 1 amide bonds. The van der Waals surface area contributed by atoms with Crippen molar-refractivity contribution < 1.29 is 9.72 Å². The van der Waals surface area contributed by atoms with Crippen LogP contribution >= 0.6 is 11.6 Å². The van der Waals surface area contributed by atoms with Crippen LogP contribution in [0.4, 0.5) is 11.5 Å². The number of amides is 1. The van der Waals surface area contributed by atoms with Crippen LogP contribution in [-0.2, 0) is 4.79 Å². The molecule has 0 aliphatic carbocycles. The molecule has 108 valence electrons. The molecule has 8 heteroatoms. The molecule has 0 saturated carbocycles. The Morgan fingerprint density at radius 1 is 1.55 bits per heavy atom. The molecule has 1 saturated heterocycles. The maximum atomic E-state index is 11.3. The Morgan fingerprint density at radius 2 is 2.25 bits per heavy atom. The number of nitro groups is 1. The number of halogens is 1. The number of rotatable bonds is 3. The summed E-state index contributed by atoms with van der Waals surface area (Å²) >= 11 is 5.84. The highest BCUT2D eigenvalue weighted by Gasteiger charge is 2.33. The smallest absolute Gasteiger partial charge is 0.311 e. The van der Waals surface area contributed by atoms with Crippen molar-refractivity contribution in [3.63, 3.8) is 0 Å². The van der Waals surface area contributed by atoms with E-state index in [2.05, 4.69) is 4.98 Å². The zero-order valence-electron chi connectivity index (χ0n) is 11.0. The van der Waals surface area contributed by atoms with Crippen molar-refractivity contribution in [2.75, 3.05) is 11.4 Å². The lowest BCUT2D eigenvalue weighted by atomic mass is 9.93. The van der Waals surface area contributed by atoms with Gasteiger partial charge in [-0.1, -0.05) is 11.6 Å². The first-order chi connectivity index (χ1) is 9.40. The minimum absolute atomic E-state index is 0.0373. The molecule has 2 atom stereocenters. The number of hydrogen-bond acceptors (Lipinski definition) is 5. The van der Waals surface area contributed by atoms with Gasteiger partial charge in [0.15, 0.2) is 0 Å². The average Bonchev–Trinajstić information content (AvgIpc) is 2.38. The van der Waals surface area contributed by atoms with Gasteiger partial charge >= 0.3 is 5.69 Å². The number of nitrogens with two attached hydrogens (primary N) is 1. The van der Waals surface area contributed by atoms with E-state index in [9.17, 15) is 14.9 Å². The second kappa shape index (κ2) is 5.62. The lowest BCUT2D eigenvalue weighted by Gasteiger charge is -2.37. The molecule has 1 aromatic rings. The minimum atomic E-state index is -0.501. The monoisotopic (exact) mass is 298 g/mol. The minimum Gasteiger partial charge on any atom is -0.369 e. The number of anilines is 1. The van der Waals surface area contributed by atoms with Crippen LogP contribution in [0.1, 0.15) is 19.8 Å². The standard InChI is InChI=1S/C12H15ClN4O3/c1-7-2-3-8(11(14)18)6-16(7)12-9(17(19)20)4-5-10(13)15-12/h4-5,7-8H,2-3,6H2,1H3,(H2,14,18). The van der Waals surface area contributed by atoms with Gasteiger partial charge in [0.05, 0.1) is 10.8 Å². The Labute approximate surface area is 120 Å². The van der Waals surface area contributed by atoms with Crippen LogP contribution in [0, 0.1) is 16.0 Å². The third-order valence-electron chi connectivity index (χ3n) is 3.57. The van der Waals surface area contributed by atoms with Gasteiger partial charge in [-0.15, -0.1) is 0 Å². The number of primary amides is 1. The second-order valence-corrected chi connectivity index (χ2v) is 5.30. The Kier molecular flexibility index (Phi) is 4.08. The van der Waals surface area contributed by atoms with Gasteiger partial charge in [0.1, 0.15) is 5.15 Å². The quantitative estimate of drug-likeness (QED) is 0.520. The SMILES string of the molecule is CC1CCC(C(N)=O)CN1c1nc(Cl)ccc1[N+](=O)[O-]. The molecule has 2 N–H and O–H groups in total. The van der Waals surface area contributed by atoms with Crippen molar-refractivity contribution >= 4 is 29.0 Å².